The lowest BCUT2D eigenvalue weighted by Crippen LogP contribution is -2.27. The van der Waals surface area contributed by atoms with Gasteiger partial charge in [-0.05, 0) is 36.8 Å². The maximum absolute atomic E-state index is 13.0. The molecule has 0 saturated heterocycles. The average molecular weight is 390 g/mol. The van der Waals surface area contributed by atoms with Gasteiger partial charge in [0.05, 0.1) is 6.21 Å². The van der Waals surface area contributed by atoms with Crippen LogP contribution in [0.4, 0.5) is 0 Å². The summed E-state index contributed by atoms with van der Waals surface area (Å²) < 4.78 is 5.50. The smallest absolute Gasteiger partial charge is 0.298 e. The number of furan rings is 1. The highest BCUT2D eigenvalue weighted by molar-refractivity contribution is 6.32. The molecule has 1 amide bonds. The second-order valence-electron chi connectivity index (χ2n) is 6.16. The van der Waals surface area contributed by atoms with Crippen LogP contribution in [0.25, 0.3) is 6.08 Å². The molecule has 138 valence electrons. The minimum atomic E-state index is -0.335. The monoisotopic (exact) mass is 389 g/mol. The summed E-state index contributed by atoms with van der Waals surface area (Å²) in [6.07, 6.45) is 3.17. The molecule has 0 atom stereocenters. The zero-order chi connectivity index (χ0) is 19.5. The molecule has 1 aliphatic heterocycles. The lowest BCUT2D eigenvalue weighted by Gasteiger charge is -2.11. The van der Waals surface area contributed by atoms with Crippen molar-refractivity contribution in [1.82, 2.24) is 5.01 Å². The normalized spacial score (nSPS) is 15.6. The first kappa shape index (κ1) is 17.9. The van der Waals surface area contributed by atoms with Crippen molar-refractivity contribution in [3.63, 3.8) is 0 Å². The Kier molecular flexibility index (Phi) is 4.91. The average Bonchev–Trinajstić information content (AvgIpc) is 3.26. The molecule has 28 heavy (non-hydrogen) atoms. The van der Waals surface area contributed by atoms with E-state index in [1.54, 1.807) is 18.2 Å². The number of carbonyl (C=O) groups is 1. The van der Waals surface area contributed by atoms with Crippen LogP contribution in [0.1, 0.15) is 22.6 Å². The number of hydrazone groups is 1. The van der Waals surface area contributed by atoms with Crippen LogP contribution in [0.2, 0.25) is 5.02 Å². The molecule has 0 N–H and O–H groups in total. The molecule has 2 aromatic carbocycles. The molecule has 6 heteroatoms. The quantitative estimate of drug-likeness (QED) is 0.470. The van der Waals surface area contributed by atoms with E-state index in [1.807, 2.05) is 61.5 Å². The van der Waals surface area contributed by atoms with E-state index < -0.39 is 0 Å². The van der Waals surface area contributed by atoms with E-state index in [2.05, 4.69) is 10.1 Å². The number of amides is 1. The number of nitrogens with zero attached hydrogens (tertiary/aromatic N) is 3. The Morgan fingerprint density at radius 2 is 1.79 bits per heavy atom. The van der Waals surface area contributed by atoms with Crippen LogP contribution in [0, 0.1) is 6.92 Å². The molecule has 0 saturated carbocycles. The van der Waals surface area contributed by atoms with Gasteiger partial charge >= 0.3 is 0 Å². The Hall–Kier alpha value is -3.44. The molecule has 2 heterocycles. The third-order valence-corrected chi connectivity index (χ3v) is 4.47. The van der Waals surface area contributed by atoms with Gasteiger partial charge in [0.15, 0.2) is 5.84 Å². The summed E-state index contributed by atoms with van der Waals surface area (Å²) in [7, 11) is 0. The van der Waals surface area contributed by atoms with Gasteiger partial charge in [-0.15, -0.1) is 0 Å². The van der Waals surface area contributed by atoms with Crippen molar-refractivity contribution in [2.75, 3.05) is 0 Å². The molecular formula is C22H16ClN3O2. The van der Waals surface area contributed by atoms with Crippen molar-refractivity contribution < 1.29 is 9.21 Å². The summed E-state index contributed by atoms with van der Waals surface area (Å²) >= 11 is 6.22. The number of benzene rings is 2. The number of carbonyl (C=O) groups excluding carboxylic acids is 1. The maximum atomic E-state index is 13.0. The van der Waals surface area contributed by atoms with Crippen molar-refractivity contribution in [3.8, 4) is 0 Å². The van der Waals surface area contributed by atoms with Gasteiger partial charge in [0.1, 0.15) is 17.2 Å². The van der Waals surface area contributed by atoms with Crippen LogP contribution in [0.15, 0.2) is 86.9 Å². The van der Waals surface area contributed by atoms with Gasteiger partial charge in [0.2, 0.25) is 0 Å². The molecule has 3 aromatic rings. The van der Waals surface area contributed by atoms with Gasteiger partial charge in [-0.25, -0.2) is 4.99 Å². The van der Waals surface area contributed by atoms with E-state index >= 15 is 0 Å². The summed E-state index contributed by atoms with van der Waals surface area (Å²) in [5.41, 5.74) is 1.77. The minimum absolute atomic E-state index is 0.264. The van der Waals surface area contributed by atoms with Gasteiger partial charge in [-0.2, -0.15) is 10.1 Å². The molecule has 1 aliphatic rings. The van der Waals surface area contributed by atoms with Gasteiger partial charge in [-0.1, -0.05) is 60.1 Å². The predicted octanol–water partition coefficient (Wildman–Crippen LogP) is 4.91. The summed E-state index contributed by atoms with van der Waals surface area (Å²) in [6, 6.07) is 20.3. The van der Waals surface area contributed by atoms with Crippen LogP contribution in [0.3, 0.4) is 0 Å². The van der Waals surface area contributed by atoms with E-state index in [0.29, 0.717) is 16.6 Å². The molecule has 0 fully saturated rings. The fraction of sp³-hybridized carbons (Fsp3) is 0.0455. The molecule has 0 aliphatic carbocycles. The van der Waals surface area contributed by atoms with Gasteiger partial charge in [0, 0.05) is 10.6 Å². The highest BCUT2D eigenvalue weighted by atomic mass is 35.5. The van der Waals surface area contributed by atoms with E-state index in [-0.39, 0.29) is 11.6 Å². The number of rotatable bonds is 4. The summed E-state index contributed by atoms with van der Waals surface area (Å²) in [5, 5.41) is 6.14. The first-order valence-electron chi connectivity index (χ1n) is 8.67. The Bertz CT molecular complexity index is 1110. The van der Waals surface area contributed by atoms with Crippen LogP contribution >= 0.6 is 11.6 Å². The summed E-state index contributed by atoms with van der Waals surface area (Å²) in [4.78, 5) is 17.5. The maximum Gasteiger partial charge on any atom is 0.298 e. The largest absolute Gasteiger partial charge is 0.460 e. The first-order chi connectivity index (χ1) is 13.6. The zero-order valence-corrected chi connectivity index (χ0v) is 15.8. The lowest BCUT2D eigenvalue weighted by molar-refractivity contribution is -0.122. The SMILES string of the molecule is Cc1ccc(/C=N\N2C(=O)C(=Cc3ccccc3Cl)N=C2c2ccccc2)o1. The Balaban J connectivity index is 1.74. The number of aryl methyl sites for hydroxylation is 1. The first-order valence-corrected chi connectivity index (χ1v) is 9.05. The fourth-order valence-corrected chi connectivity index (χ4v) is 2.96. The number of hydrogen-bond acceptors (Lipinski definition) is 4. The second kappa shape index (κ2) is 7.66. The van der Waals surface area contributed by atoms with Crippen LogP contribution in [-0.4, -0.2) is 23.0 Å². The number of halogens is 1. The lowest BCUT2D eigenvalue weighted by atomic mass is 10.2. The van der Waals surface area contributed by atoms with E-state index in [1.165, 1.54) is 11.2 Å². The molecule has 0 bridgehead atoms. The molecule has 0 radical (unpaired) electrons. The molecule has 4 rings (SSSR count). The highest BCUT2D eigenvalue weighted by Gasteiger charge is 2.31. The van der Waals surface area contributed by atoms with Gasteiger partial charge in [0.25, 0.3) is 5.91 Å². The number of aliphatic imine (C=N–C) groups is 1. The topological polar surface area (TPSA) is 58.2 Å². The van der Waals surface area contributed by atoms with Crippen molar-refractivity contribution in [2.45, 2.75) is 6.92 Å². The van der Waals surface area contributed by atoms with Crippen LogP contribution in [0.5, 0.6) is 0 Å². The molecule has 1 aromatic heterocycles. The number of hydrogen-bond donors (Lipinski definition) is 0. The van der Waals surface area contributed by atoms with Crippen LogP contribution in [-0.2, 0) is 4.79 Å². The Labute approximate surface area is 167 Å². The summed E-state index contributed by atoms with van der Waals surface area (Å²) in [5.74, 6) is 1.44. The van der Waals surface area contributed by atoms with Gasteiger partial charge < -0.3 is 4.42 Å². The molecule has 0 spiro atoms. The van der Waals surface area contributed by atoms with Crippen molar-refractivity contribution in [3.05, 3.63) is 100 Å². The predicted molar refractivity (Wildman–Crippen MR) is 110 cm³/mol. The molecule has 0 unspecified atom stereocenters. The fourth-order valence-electron chi connectivity index (χ4n) is 2.77. The Morgan fingerprint density at radius 1 is 1.04 bits per heavy atom. The third kappa shape index (κ3) is 3.66. The third-order valence-electron chi connectivity index (χ3n) is 4.13. The van der Waals surface area contributed by atoms with Crippen molar-refractivity contribution in [1.29, 1.82) is 0 Å². The van der Waals surface area contributed by atoms with E-state index in [4.69, 9.17) is 16.0 Å². The van der Waals surface area contributed by atoms with E-state index in [0.717, 1.165) is 16.9 Å². The van der Waals surface area contributed by atoms with Gasteiger partial charge in [-0.3, -0.25) is 4.79 Å². The Morgan fingerprint density at radius 3 is 2.50 bits per heavy atom. The highest BCUT2D eigenvalue weighted by Crippen LogP contribution is 2.25. The number of amidine groups is 1. The minimum Gasteiger partial charge on any atom is -0.460 e. The molecule has 5 nitrogen and oxygen atoms in total. The summed E-state index contributed by atoms with van der Waals surface area (Å²) in [6.45, 7) is 1.85. The standard InChI is InChI=1S/C22H16ClN3O2/c1-15-11-12-18(28-15)14-24-26-21(16-7-3-2-4-8-16)25-20(22(26)27)13-17-9-5-6-10-19(17)23/h2-14H,1H3/b20-13?,24-14-. The van der Waals surface area contributed by atoms with Crippen LogP contribution < -0.4 is 0 Å². The zero-order valence-electron chi connectivity index (χ0n) is 15.0. The van der Waals surface area contributed by atoms with E-state index in [9.17, 15) is 4.79 Å². The van der Waals surface area contributed by atoms with Crippen molar-refractivity contribution >= 4 is 35.6 Å². The second-order valence-corrected chi connectivity index (χ2v) is 6.57. The van der Waals surface area contributed by atoms with Crippen molar-refractivity contribution in [2.24, 2.45) is 10.1 Å². The molecular weight excluding hydrogens is 374 g/mol.